The fraction of sp³-hybridized carbons (Fsp3) is 0.316. The summed E-state index contributed by atoms with van der Waals surface area (Å²) in [5.74, 6) is 0.0252. The topological polar surface area (TPSA) is 84.0 Å². The van der Waals surface area contributed by atoms with Crippen LogP contribution in [-0.4, -0.2) is 15.5 Å². The summed E-state index contributed by atoms with van der Waals surface area (Å²) in [6.07, 6.45) is 0. The number of H-pyrrole nitrogens is 1. The van der Waals surface area contributed by atoms with Crippen molar-refractivity contribution in [2.45, 2.75) is 33.4 Å². The average Bonchev–Trinajstić information content (AvgIpc) is 3.14. The highest BCUT2D eigenvalue weighted by molar-refractivity contribution is 7.10. The van der Waals surface area contributed by atoms with E-state index in [1.54, 1.807) is 36.5 Å². The lowest BCUT2D eigenvalue weighted by Gasteiger charge is -2.21. The molecule has 0 saturated heterocycles. The molecule has 1 unspecified atom stereocenters. The number of nitrogens with one attached hydrogen (secondary N) is 2. The quantitative estimate of drug-likeness (QED) is 0.677. The molecule has 7 heteroatoms. The number of fused-ring (bicyclic) bond motifs is 1. The van der Waals surface area contributed by atoms with E-state index in [1.165, 1.54) is 4.57 Å². The molecule has 0 aliphatic carbocycles. The predicted octanol–water partition coefficient (Wildman–Crippen LogP) is 2.90. The lowest BCUT2D eigenvalue weighted by atomic mass is 10.0. The van der Waals surface area contributed by atoms with Crippen LogP contribution in [0.3, 0.4) is 0 Å². The second kappa shape index (κ2) is 7.29. The van der Waals surface area contributed by atoms with Gasteiger partial charge in [-0.15, -0.1) is 11.3 Å². The van der Waals surface area contributed by atoms with Gasteiger partial charge >= 0.3 is 11.1 Å². The molecule has 136 valence electrons. The number of carbonyl (C=O) groups is 1. The van der Waals surface area contributed by atoms with Crippen LogP contribution in [0.1, 0.15) is 42.0 Å². The van der Waals surface area contributed by atoms with Crippen LogP contribution >= 0.6 is 11.3 Å². The van der Waals surface area contributed by atoms with E-state index in [-0.39, 0.29) is 17.9 Å². The van der Waals surface area contributed by atoms with Gasteiger partial charge in [0.2, 0.25) is 0 Å². The number of rotatable bonds is 5. The summed E-state index contributed by atoms with van der Waals surface area (Å²) < 4.78 is 1.40. The molecular formula is C19H21N3O3S. The molecule has 1 amide bonds. The van der Waals surface area contributed by atoms with E-state index in [0.717, 1.165) is 4.88 Å². The molecule has 3 rings (SSSR count). The van der Waals surface area contributed by atoms with Gasteiger partial charge in [0, 0.05) is 17.0 Å². The Kier molecular flexibility index (Phi) is 5.08. The molecule has 0 fully saturated rings. The molecule has 1 aromatic carbocycles. The molecule has 0 aliphatic rings. The largest absolute Gasteiger partial charge is 0.344 e. The third kappa shape index (κ3) is 3.35. The van der Waals surface area contributed by atoms with Gasteiger partial charge in [-0.2, -0.15) is 0 Å². The monoisotopic (exact) mass is 371 g/mol. The SMILES string of the molecule is CCn1c(=O)c(=O)[nH]c2cc(C(=O)NC(c3cccs3)C(C)C)ccc21. The first-order chi connectivity index (χ1) is 12.4. The van der Waals surface area contributed by atoms with Gasteiger partial charge in [0.25, 0.3) is 5.91 Å². The van der Waals surface area contributed by atoms with Crippen molar-refractivity contribution in [3.8, 4) is 0 Å². The number of hydrogen-bond donors (Lipinski definition) is 2. The number of carbonyl (C=O) groups excluding carboxylic acids is 1. The van der Waals surface area contributed by atoms with Gasteiger partial charge in [-0.05, 0) is 42.5 Å². The first-order valence-electron chi connectivity index (χ1n) is 8.53. The zero-order valence-corrected chi connectivity index (χ0v) is 15.7. The van der Waals surface area contributed by atoms with Crippen LogP contribution in [0.25, 0.3) is 11.0 Å². The number of nitrogens with zero attached hydrogens (tertiary/aromatic N) is 1. The molecule has 0 radical (unpaired) electrons. The minimum atomic E-state index is -0.685. The Balaban J connectivity index is 1.97. The zero-order valence-electron chi connectivity index (χ0n) is 14.9. The Labute approximate surface area is 154 Å². The molecule has 1 atom stereocenters. The van der Waals surface area contributed by atoms with Gasteiger partial charge in [-0.3, -0.25) is 14.4 Å². The number of amides is 1. The summed E-state index contributed by atoms with van der Waals surface area (Å²) in [5.41, 5.74) is 0.246. The highest BCUT2D eigenvalue weighted by atomic mass is 32.1. The van der Waals surface area contributed by atoms with Crippen molar-refractivity contribution in [3.63, 3.8) is 0 Å². The van der Waals surface area contributed by atoms with Gasteiger partial charge in [0.15, 0.2) is 0 Å². The van der Waals surface area contributed by atoms with Crippen LogP contribution in [0.5, 0.6) is 0 Å². The summed E-state index contributed by atoms with van der Waals surface area (Å²) in [5, 5.41) is 5.05. The third-order valence-electron chi connectivity index (χ3n) is 4.36. The Morgan fingerprint density at radius 1 is 1.27 bits per heavy atom. The van der Waals surface area contributed by atoms with E-state index in [4.69, 9.17) is 0 Å². The average molecular weight is 371 g/mol. The second-order valence-electron chi connectivity index (χ2n) is 6.45. The van der Waals surface area contributed by atoms with Crippen molar-refractivity contribution in [3.05, 3.63) is 66.9 Å². The summed E-state index contributed by atoms with van der Waals surface area (Å²) >= 11 is 1.61. The number of aryl methyl sites for hydroxylation is 1. The lowest BCUT2D eigenvalue weighted by molar-refractivity contribution is 0.0926. The van der Waals surface area contributed by atoms with Gasteiger partial charge in [-0.1, -0.05) is 19.9 Å². The molecule has 6 nitrogen and oxygen atoms in total. The van der Waals surface area contributed by atoms with Gasteiger partial charge in [-0.25, -0.2) is 0 Å². The van der Waals surface area contributed by atoms with Crippen molar-refractivity contribution in [1.82, 2.24) is 14.9 Å². The van der Waals surface area contributed by atoms with E-state index < -0.39 is 11.1 Å². The van der Waals surface area contributed by atoms with E-state index in [9.17, 15) is 14.4 Å². The van der Waals surface area contributed by atoms with Crippen molar-refractivity contribution in [2.75, 3.05) is 0 Å². The molecule has 2 N–H and O–H groups in total. The number of benzene rings is 1. The molecule has 2 heterocycles. The summed E-state index contributed by atoms with van der Waals surface area (Å²) in [7, 11) is 0. The Bertz CT molecular complexity index is 1050. The standard InChI is InChI=1S/C19H21N3O3S/c1-4-22-14-8-7-12(10-13(14)20-18(24)19(22)25)17(23)21-16(11(2)3)15-6-5-9-26-15/h5-11,16H,4H2,1-3H3,(H,20,24)(H,21,23). The first kappa shape index (κ1) is 18.1. The Morgan fingerprint density at radius 2 is 2.04 bits per heavy atom. The van der Waals surface area contributed by atoms with Crippen LogP contribution in [-0.2, 0) is 6.54 Å². The zero-order chi connectivity index (χ0) is 18.8. The summed E-state index contributed by atoms with van der Waals surface area (Å²) in [6.45, 7) is 6.30. The highest BCUT2D eigenvalue weighted by Crippen LogP contribution is 2.26. The smallest absolute Gasteiger partial charge is 0.316 e. The lowest BCUT2D eigenvalue weighted by Crippen LogP contribution is -2.36. The number of thiophene rings is 1. The van der Waals surface area contributed by atoms with Gasteiger partial charge in [0.05, 0.1) is 17.1 Å². The maximum Gasteiger partial charge on any atom is 0.316 e. The molecule has 0 saturated carbocycles. The molecule has 0 spiro atoms. The summed E-state index contributed by atoms with van der Waals surface area (Å²) in [4.78, 5) is 40.2. The van der Waals surface area contributed by atoms with Crippen molar-refractivity contribution in [2.24, 2.45) is 5.92 Å². The number of aromatic amines is 1. The van der Waals surface area contributed by atoms with Crippen molar-refractivity contribution >= 4 is 28.3 Å². The third-order valence-corrected chi connectivity index (χ3v) is 5.31. The normalized spacial score (nSPS) is 12.5. The fourth-order valence-corrected chi connectivity index (χ4v) is 3.94. The minimum Gasteiger partial charge on any atom is -0.344 e. The summed E-state index contributed by atoms with van der Waals surface area (Å²) in [6, 6.07) is 8.87. The minimum absolute atomic E-state index is 0.0816. The van der Waals surface area contributed by atoms with Gasteiger partial charge in [0.1, 0.15) is 0 Å². The van der Waals surface area contributed by atoms with E-state index >= 15 is 0 Å². The predicted molar refractivity (Wildman–Crippen MR) is 104 cm³/mol. The van der Waals surface area contributed by atoms with Crippen molar-refractivity contribution < 1.29 is 4.79 Å². The van der Waals surface area contributed by atoms with Crippen LogP contribution in [0.15, 0.2) is 45.3 Å². The van der Waals surface area contributed by atoms with E-state index in [2.05, 4.69) is 24.1 Å². The molecule has 0 aliphatic heterocycles. The fourth-order valence-electron chi connectivity index (χ4n) is 2.99. The Morgan fingerprint density at radius 3 is 2.65 bits per heavy atom. The molecule has 3 aromatic rings. The first-order valence-corrected chi connectivity index (χ1v) is 9.41. The molecule has 26 heavy (non-hydrogen) atoms. The van der Waals surface area contributed by atoms with Crippen LogP contribution in [0.2, 0.25) is 0 Å². The number of hydrogen-bond acceptors (Lipinski definition) is 4. The van der Waals surface area contributed by atoms with Crippen molar-refractivity contribution in [1.29, 1.82) is 0 Å². The second-order valence-corrected chi connectivity index (χ2v) is 7.43. The van der Waals surface area contributed by atoms with Gasteiger partial charge < -0.3 is 14.9 Å². The molecule has 0 bridgehead atoms. The van der Waals surface area contributed by atoms with Crippen LogP contribution in [0, 0.1) is 5.92 Å². The van der Waals surface area contributed by atoms with E-state index in [0.29, 0.717) is 23.1 Å². The molecule has 2 aromatic heterocycles. The van der Waals surface area contributed by atoms with Crippen LogP contribution in [0.4, 0.5) is 0 Å². The Hall–Kier alpha value is -2.67. The molecular weight excluding hydrogens is 350 g/mol. The number of aromatic nitrogens is 2. The maximum atomic E-state index is 12.7. The van der Waals surface area contributed by atoms with E-state index in [1.807, 2.05) is 17.5 Å². The van der Waals surface area contributed by atoms with Crippen LogP contribution < -0.4 is 16.4 Å². The highest BCUT2D eigenvalue weighted by Gasteiger charge is 2.20. The maximum absolute atomic E-state index is 12.7.